The first-order valence-electron chi connectivity index (χ1n) is 11.6. The van der Waals surface area contributed by atoms with Crippen LogP contribution in [0.2, 0.25) is 0 Å². The first kappa shape index (κ1) is 22.5. The summed E-state index contributed by atoms with van der Waals surface area (Å²) in [5, 5.41) is 6.87. The number of rotatable bonds is 6. The van der Waals surface area contributed by atoms with Crippen molar-refractivity contribution in [2.24, 2.45) is 5.92 Å². The van der Waals surface area contributed by atoms with Gasteiger partial charge in [0.25, 0.3) is 5.91 Å². The van der Waals surface area contributed by atoms with Crippen molar-refractivity contribution in [2.45, 2.75) is 32.1 Å². The van der Waals surface area contributed by atoms with E-state index in [1.807, 2.05) is 19.1 Å². The van der Waals surface area contributed by atoms with Crippen LogP contribution in [-0.4, -0.2) is 37.2 Å². The molecule has 34 heavy (non-hydrogen) atoms. The van der Waals surface area contributed by atoms with E-state index in [1.54, 1.807) is 6.07 Å². The maximum atomic E-state index is 15.2. The highest BCUT2D eigenvalue weighted by Crippen LogP contribution is 2.40. The molecular formula is C26H27F2N3O3. The Kier molecular flexibility index (Phi) is 6.32. The number of benzene rings is 2. The third-order valence-corrected chi connectivity index (χ3v) is 6.64. The van der Waals surface area contributed by atoms with Gasteiger partial charge in [0.05, 0.1) is 17.8 Å². The fourth-order valence-electron chi connectivity index (χ4n) is 4.98. The Bertz CT molecular complexity index is 1220. The minimum Gasteiger partial charge on any atom is -0.493 e. The van der Waals surface area contributed by atoms with Gasteiger partial charge in [-0.1, -0.05) is 0 Å². The van der Waals surface area contributed by atoms with Gasteiger partial charge in [-0.05, 0) is 74.9 Å². The Morgan fingerprint density at radius 3 is 2.82 bits per heavy atom. The van der Waals surface area contributed by atoms with Crippen molar-refractivity contribution in [3.63, 3.8) is 0 Å². The van der Waals surface area contributed by atoms with Crippen molar-refractivity contribution in [1.29, 1.82) is 0 Å². The Morgan fingerprint density at radius 1 is 1.18 bits per heavy atom. The number of aromatic nitrogens is 1. The molecule has 1 aromatic heterocycles. The van der Waals surface area contributed by atoms with Crippen molar-refractivity contribution in [2.75, 3.05) is 31.6 Å². The van der Waals surface area contributed by atoms with E-state index in [0.717, 1.165) is 37.0 Å². The number of nitrogens with one attached hydrogen (secondary N) is 2. The molecule has 2 aliphatic rings. The molecule has 2 aromatic carbocycles. The van der Waals surface area contributed by atoms with Gasteiger partial charge >= 0.3 is 0 Å². The summed E-state index contributed by atoms with van der Waals surface area (Å²) in [5.41, 5.74) is 2.38. The summed E-state index contributed by atoms with van der Waals surface area (Å²) in [6.45, 7) is 3.77. The van der Waals surface area contributed by atoms with Crippen LogP contribution in [0.15, 0.2) is 36.4 Å². The molecule has 0 bridgehead atoms. The number of piperidine rings is 1. The lowest BCUT2D eigenvalue weighted by Gasteiger charge is -2.32. The number of anilines is 1. The van der Waals surface area contributed by atoms with Crippen LogP contribution in [0.25, 0.3) is 10.9 Å². The minimum absolute atomic E-state index is 0.118. The summed E-state index contributed by atoms with van der Waals surface area (Å²) in [4.78, 5) is 16.2. The zero-order valence-corrected chi connectivity index (χ0v) is 19.0. The third kappa shape index (κ3) is 4.68. The van der Waals surface area contributed by atoms with Crippen LogP contribution in [0.4, 0.5) is 14.5 Å². The number of halogens is 2. The lowest BCUT2D eigenvalue weighted by Crippen LogP contribution is -2.32. The third-order valence-electron chi connectivity index (χ3n) is 6.64. The molecule has 3 aromatic rings. The summed E-state index contributed by atoms with van der Waals surface area (Å²) in [6, 6.07) is 9.55. The molecular weight excluding hydrogens is 440 g/mol. The number of carbonyl (C=O) groups excluding carboxylic acids is 1. The second-order valence-electron chi connectivity index (χ2n) is 8.96. The molecule has 2 N–H and O–H groups in total. The summed E-state index contributed by atoms with van der Waals surface area (Å²) in [7, 11) is 0. The van der Waals surface area contributed by atoms with Crippen LogP contribution >= 0.6 is 0 Å². The molecule has 0 radical (unpaired) electrons. The van der Waals surface area contributed by atoms with Crippen molar-refractivity contribution in [1.82, 2.24) is 10.3 Å². The van der Waals surface area contributed by atoms with Crippen LogP contribution in [0.3, 0.4) is 0 Å². The molecule has 1 atom stereocenters. The molecule has 0 aliphatic carbocycles. The van der Waals surface area contributed by atoms with Gasteiger partial charge in [0.15, 0.2) is 6.61 Å². The van der Waals surface area contributed by atoms with E-state index < -0.39 is 5.82 Å². The number of carbonyl (C=O) groups is 1. The molecule has 0 saturated carbocycles. The summed E-state index contributed by atoms with van der Waals surface area (Å²) in [6.07, 6.45) is 2.37. The molecule has 0 spiro atoms. The van der Waals surface area contributed by atoms with Gasteiger partial charge in [-0.2, -0.15) is 0 Å². The Balaban J connectivity index is 1.41. The average molecular weight is 468 g/mol. The summed E-state index contributed by atoms with van der Waals surface area (Å²) in [5.74, 6) is -0.110. The van der Waals surface area contributed by atoms with Gasteiger partial charge in [0, 0.05) is 29.3 Å². The zero-order valence-electron chi connectivity index (χ0n) is 19.0. The van der Waals surface area contributed by atoms with E-state index in [-0.39, 0.29) is 30.2 Å². The predicted molar refractivity (Wildman–Crippen MR) is 125 cm³/mol. The van der Waals surface area contributed by atoms with Crippen molar-refractivity contribution in [3.8, 4) is 11.5 Å². The fraction of sp³-hybridized carbons (Fsp3) is 0.385. The molecule has 5 rings (SSSR count). The SMILES string of the molecule is Cc1ccc2c(OCCC(c3cc4c(cc3F)OCC(=O)N4)C3CCNCC3)cc(F)cc2n1. The van der Waals surface area contributed by atoms with Crippen LogP contribution in [0.1, 0.15) is 36.4 Å². The number of nitrogens with zero attached hydrogens (tertiary/aromatic N) is 1. The van der Waals surface area contributed by atoms with Gasteiger partial charge in [0.2, 0.25) is 0 Å². The highest BCUT2D eigenvalue weighted by molar-refractivity contribution is 5.95. The number of pyridine rings is 1. The van der Waals surface area contributed by atoms with E-state index in [1.165, 1.54) is 18.2 Å². The van der Waals surface area contributed by atoms with E-state index in [4.69, 9.17) is 9.47 Å². The number of amides is 1. The molecule has 8 heteroatoms. The Labute approximate surface area is 196 Å². The summed E-state index contributed by atoms with van der Waals surface area (Å²) >= 11 is 0. The van der Waals surface area contributed by atoms with E-state index >= 15 is 4.39 Å². The van der Waals surface area contributed by atoms with Gasteiger partial charge in [-0.15, -0.1) is 0 Å². The first-order chi connectivity index (χ1) is 16.5. The Hall–Kier alpha value is -3.26. The zero-order chi connectivity index (χ0) is 23.7. The topological polar surface area (TPSA) is 72.5 Å². The molecule has 6 nitrogen and oxygen atoms in total. The normalized spacial score (nSPS) is 17.1. The Morgan fingerprint density at radius 2 is 2.00 bits per heavy atom. The highest BCUT2D eigenvalue weighted by atomic mass is 19.1. The smallest absolute Gasteiger partial charge is 0.262 e. The van der Waals surface area contributed by atoms with Gasteiger partial charge in [0.1, 0.15) is 23.1 Å². The molecule has 1 unspecified atom stereocenters. The van der Waals surface area contributed by atoms with Crippen LogP contribution in [-0.2, 0) is 4.79 Å². The maximum Gasteiger partial charge on any atom is 0.262 e. The van der Waals surface area contributed by atoms with E-state index in [9.17, 15) is 9.18 Å². The number of ether oxygens (including phenoxy) is 2. The first-order valence-corrected chi connectivity index (χ1v) is 11.6. The number of fused-ring (bicyclic) bond motifs is 2. The standard InChI is InChI=1S/C26H27F2N3O3/c1-15-2-3-19-22(30-15)10-17(27)11-24(19)33-9-6-18(16-4-7-29-8-5-16)20-12-23-25(13-21(20)28)34-14-26(32)31-23/h2-3,10-13,16,18,29H,4-9,14H2,1H3,(H,31,32). The minimum atomic E-state index is -0.410. The van der Waals surface area contributed by atoms with Crippen molar-refractivity contribution >= 4 is 22.5 Å². The number of aryl methyl sites for hydroxylation is 1. The molecule has 1 amide bonds. The van der Waals surface area contributed by atoms with Crippen LogP contribution in [0, 0.1) is 24.5 Å². The molecule has 1 fully saturated rings. The van der Waals surface area contributed by atoms with Crippen LogP contribution < -0.4 is 20.1 Å². The summed E-state index contributed by atoms with van der Waals surface area (Å²) < 4.78 is 40.8. The largest absolute Gasteiger partial charge is 0.493 e. The molecule has 178 valence electrons. The fourth-order valence-corrected chi connectivity index (χ4v) is 4.98. The number of hydrogen-bond donors (Lipinski definition) is 2. The van der Waals surface area contributed by atoms with Gasteiger partial charge < -0.3 is 20.1 Å². The van der Waals surface area contributed by atoms with Crippen molar-refractivity contribution in [3.05, 3.63) is 59.3 Å². The van der Waals surface area contributed by atoms with E-state index in [0.29, 0.717) is 41.3 Å². The second kappa shape index (κ2) is 9.54. The highest BCUT2D eigenvalue weighted by Gasteiger charge is 2.29. The lowest BCUT2D eigenvalue weighted by molar-refractivity contribution is -0.118. The molecule has 2 aliphatic heterocycles. The predicted octanol–water partition coefficient (Wildman–Crippen LogP) is 4.70. The number of hydrogen-bond acceptors (Lipinski definition) is 5. The average Bonchev–Trinajstić information content (AvgIpc) is 2.82. The maximum absolute atomic E-state index is 15.2. The van der Waals surface area contributed by atoms with Gasteiger partial charge in [-0.25, -0.2) is 8.78 Å². The lowest BCUT2D eigenvalue weighted by atomic mass is 9.78. The molecule has 1 saturated heterocycles. The monoisotopic (exact) mass is 467 g/mol. The van der Waals surface area contributed by atoms with E-state index in [2.05, 4.69) is 15.6 Å². The van der Waals surface area contributed by atoms with Crippen LogP contribution in [0.5, 0.6) is 11.5 Å². The molecule has 3 heterocycles. The quantitative estimate of drug-likeness (QED) is 0.550. The van der Waals surface area contributed by atoms with Crippen molar-refractivity contribution < 1.29 is 23.0 Å². The van der Waals surface area contributed by atoms with Gasteiger partial charge in [-0.3, -0.25) is 9.78 Å². The second-order valence-corrected chi connectivity index (χ2v) is 8.96.